The van der Waals surface area contributed by atoms with Crippen LogP contribution in [-0.2, 0) is 16.1 Å². The van der Waals surface area contributed by atoms with Crippen molar-refractivity contribution in [2.45, 2.75) is 19.6 Å². The second kappa shape index (κ2) is 8.19. The molecule has 0 saturated carbocycles. The number of benzene rings is 1. The Morgan fingerprint density at radius 2 is 1.95 bits per heavy atom. The molecule has 2 N–H and O–H groups in total. The SMILES string of the molecule is CC(NC(=O)CNC(=O)OCc1ccccc1)c1cccs1. The lowest BCUT2D eigenvalue weighted by Crippen LogP contribution is -2.38. The lowest BCUT2D eigenvalue weighted by Gasteiger charge is -2.12. The zero-order valence-electron chi connectivity index (χ0n) is 12.2. The fourth-order valence-electron chi connectivity index (χ4n) is 1.83. The number of carbonyl (C=O) groups excluding carboxylic acids is 2. The Labute approximate surface area is 133 Å². The zero-order valence-corrected chi connectivity index (χ0v) is 13.1. The summed E-state index contributed by atoms with van der Waals surface area (Å²) in [5, 5.41) is 7.20. The molecule has 1 aromatic carbocycles. The molecule has 22 heavy (non-hydrogen) atoms. The highest BCUT2D eigenvalue weighted by molar-refractivity contribution is 7.10. The molecule has 0 spiro atoms. The highest BCUT2D eigenvalue weighted by atomic mass is 32.1. The van der Waals surface area contributed by atoms with Gasteiger partial charge in [-0.25, -0.2) is 4.79 Å². The van der Waals surface area contributed by atoms with Gasteiger partial charge in [0.1, 0.15) is 13.2 Å². The molecule has 5 nitrogen and oxygen atoms in total. The largest absolute Gasteiger partial charge is 0.445 e. The van der Waals surface area contributed by atoms with Gasteiger partial charge in [0.2, 0.25) is 5.91 Å². The van der Waals surface area contributed by atoms with Gasteiger partial charge in [-0.2, -0.15) is 0 Å². The molecule has 116 valence electrons. The summed E-state index contributed by atoms with van der Waals surface area (Å²) in [6, 6.07) is 13.2. The number of hydrogen-bond donors (Lipinski definition) is 2. The summed E-state index contributed by atoms with van der Waals surface area (Å²) in [7, 11) is 0. The summed E-state index contributed by atoms with van der Waals surface area (Å²) in [5.74, 6) is -0.252. The molecular formula is C16H18N2O3S. The minimum atomic E-state index is -0.609. The molecule has 2 aromatic rings. The Hall–Kier alpha value is -2.34. The van der Waals surface area contributed by atoms with Gasteiger partial charge in [-0.15, -0.1) is 11.3 Å². The Bertz CT molecular complexity index is 599. The minimum absolute atomic E-state index is 0.0744. The van der Waals surface area contributed by atoms with E-state index in [4.69, 9.17) is 4.74 Å². The van der Waals surface area contributed by atoms with E-state index in [0.29, 0.717) is 0 Å². The van der Waals surface area contributed by atoms with Crippen LogP contribution in [0.2, 0.25) is 0 Å². The Morgan fingerprint density at radius 3 is 2.64 bits per heavy atom. The molecule has 1 atom stereocenters. The first kappa shape index (κ1) is 16.0. The van der Waals surface area contributed by atoms with Crippen LogP contribution in [0.15, 0.2) is 47.8 Å². The molecule has 1 heterocycles. The third kappa shape index (κ3) is 5.21. The number of carbonyl (C=O) groups is 2. The van der Waals surface area contributed by atoms with Crippen molar-refractivity contribution in [2.24, 2.45) is 0 Å². The predicted octanol–water partition coefficient (Wildman–Crippen LogP) is 2.85. The van der Waals surface area contributed by atoms with Crippen molar-refractivity contribution in [3.63, 3.8) is 0 Å². The topological polar surface area (TPSA) is 67.4 Å². The van der Waals surface area contributed by atoms with Crippen molar-refractivity contribution in [1.82, 2.24) is 10.6 Å². The summed E-state index contributed by atoms with van der Waals surface area (Å²) in [4.78, 5) is 24.3. The average molecular weight is 318 g/mol. The Morgan fingerprint density at radius 1 is 1.18 bits per heavy atom. The molecule has 0 radical (unpaired) electrons. The van der Waals surface area contributed by atoms with Crippen LogP contribution >= 0.6 is 11.3 Å². The standard InChI is InChI=1S/C16H18N2O3S/c1-12(14-8-5-9-22-14)18-15(19)10-17-16(20)21-11-13-6-3-2-4-7-13/h2-9,12H,10-11H2,1H3,(H,17,20)(H,18,19). The van der Waals surface area contributed by atoms with E-state index in [1.807, 2.05) is 54.8 Å². The number of amides is 2. The van der Waals surface area contributed by atoms with Crippen LogP contribution in [0.3, 0.4) is 0 Å². The highest BCUT2D eigenvalue weighted by Crippen LogP contribution is 2.17. The van der Waals surface area contributed by atoms with Crippen molar-refractivity contribution >= 4 is 23.3 Å². The number of thiophene rings is 1. The van der Waals surface area contributed by atoms with Crippen molar-refractivity contribution < 1.29 is 14.3 Å². The van der Waals surface area contributed by atoms with Gasteiger partial charge in [0.25, 0.3) is 0 Å². The first-order valence-corrected chi connectivity index (χ1v) is 7.80. The maximum Gasteiger partial charge on any atom is 0.407 e. The van der Waals surface area contributed by atoms with Crippen LogP contribution in [0, 0.1) is 0 Å². The van der Waals surface area contributed by atoms with E-state index in [9.17, 15) is 9.59 Å². The maximum absolute atomic E-state index is 11.8. The number of nitrogens with one attached hydrogen (secondary N) is 2. The number of hydrogen-bond acceptors (Lipinski definition) is 4. The van der Waals surface area contributed by atoms with Crippen LogP contribution in [-0.4, -0.2) is 18.5 Å². The van der Waals surface area contributed by atoms with Gasteiger partial charge in [-0.3, -0.25) is 4.79 Å². The Balaban J connectivity index is 1.66. The quantitative estimate of drug-likeness (QED) is 0.860. The Kier molecular flexibility index (Phi) is 5.97. The molecule has 2 rings (SSSR count). The third-order valence-electron chi connectivity index (χ3n) is 2.95. The monoisotopic (exact) mass is 318 g/mol. The van der Waals surface area contributed by atoms with E-state index in [-0.39, 0.29) is 25.1 Å². The summed E-state index contributed by atoms with van der Waals surface area (Å²) in [5.41, 5.74) is 0.897. The molecule has 0 aliphatic rings. The van der Waals surface area contributed by atoms with Crippen LogP contribution in [0.4, 0.5) is 4.79 Å². The van der Waals surface area contributed by atoms with Gasteiger partial charge in [0, 0.05) is 4.88 Å². The van der Waals surface area contributed by atoms with Crippen LogP contribution in [0.25, 0.3) is 0 Å². The van der Waals surface area contributed by atoms with Gasteiger partial charge in [0.05, 0.1) is 6.04 Å². The smallest absolute Gasteiger partial charge is 0.407 e. The van der Waals surface area contributed by atoms with Crippen molar-refractivity contribution in [3.8, 4) is 0 Å². The van der Waals surface area contributed by atoms with E-state index in [2.05, 4.69) is 10.6 Å². The van der Waals surface area contributed by atoms with Crippen molar-refractivity contribution in [3.05, 3.63) is 58.3 Å². The molecule has 0 saturated heterocycles. The molecule has 0 aliphatic heterocycles. The fraction of sp³-hybridized carbons (Fsp3) is 0.250. The fourth-order valence-corrected chi connectivity index (χ4v) is 2.56. The van der Waals surface area contributed by atoms with E-state index in [0.717, 1.165) is 10.4 Å². The van der Waals surface area contributed by atoms with Gasteiger partial charge in [-0.05, 0) is 23.9 Å². The molecule has 2 amide bonds. The van der Waals surface area contributed by atoms with Gasteiger partial charge in [-0.1, -0.05) is 36.4 Å². The number of alkyl carbamates (subject to hydrolysis) is 1. The lowest BCUT2D eigenvalue weighted by molar-refractivity contribution is -0.120. The van der Waals surface area contributed by atoms with Crippen molar-refractivity contribution in [1.29, 1.82) is 0 Å². The normalized spacial score (nSPS) is 11.5. The molecule has 6 heteroatoms. The van der Waals surface area contributed by atoms with Gasteiger partial charge >= 0.3 is 6.09 Å². The minimum Gasteiger partial charge on any atom is -0.445 e. The van der Waals surface area contributed by atoms with E-state index in [1.165, 1.54) is 0 Å². The van der Waals surface area contributed by atoms with Crippen LogP contribution in [0.1, 0.15) is 23.4 Å². The van der Waals surface area contributed by atoms with Crippen molar-refractivity contribution in [2.75, 3.05) is 6.54 Å². The molecule has 0 bridgehead atoms. The van der Waals surface area contributed by atoms with E-state index in [1.54, 1.807) is 11.3 Å². The molecular weight excluding hydrogens is 300 g/mol. The number of rotatable bonds is 6. The number of ether oxygens (including phenoxy) is 1. The van der Waals surface area contributed by atoms with E-state index < -0.39 is 6.09 Å². The first-order chi connectivity index (χ1) is 10.6. The third-order valence-corrected chi connectivity index (χ3v) is 4.01. The van der Waals surface area contributed by atoms with Crippen LogP contribution in [0.5, 0.6) is 0 Å². The molecule has 0 aliphatic carbocycles. The van der Waals surface area contributed by atoms with Crippen LogP contribution < -0.4 is 10.6 Å². The predicted molar refractivity (Wildman–Crippen MR) is 85.5 cm³/mol. The summed E-state index contributed by atoms with van der Waals surface area (Å²) in [6.45, 7) is 1.97. The average Bonchev–Trinajstić information content (AvgIpc) is 3.06. The molecule has 1 unspecified atom stereocenters. The summed E-state index contributed by atoms with van der Waals surface area (Å²) in [6.07, 6.45) is -0.609. The maximum atomic E-state index is 11.8. The van der Waals surface area contributed by atoms with Gasteiger partial charge < -0.3 is 15.4 Å². The summed E-state index contributed by atoms with van der Waals surface area (Å²) < 4.78 is 5.03. The summed E-state index contributed by atoms with van der Waals surface area (Å²) >= 11 is 1.58. The lowest BCUT2D eigenvalue weighted by atomic mass is 10.2. The first-order valence-electron chi connectivity index (χ1n) is 6.92. The second-order valence-corrected chi connectivity index (χ2v) is 5.70. The van der Waals surface area contributed by atoms with E-state index >= 15 is 0 Å². The molecule has 1 aromatic heterocycles. The highest BCUT2D eigenvalue weighted by Gasteiger charge is 2.11. The zero-order chi connectivity index (χ0) is 15.8. The molecule has 0 fully saturated rings. The van der Waals surface area contributed by atoms with Gasteiger partial charge in [0.15, 0.2) is 0 Å². The second-order valence-electron chi connectivity index (χ2n) is 4.72.